The molecule has 136 valence electrons. The van der Waals surface area contributed by atoms with Crippen molar-refractivity contribution in [1.29, 1.82) is 0 Å². The van der Waals surface area contributed by atoms with E-state index in [1.165, 1.54) is 24.3 Å². The Hall–Kier alpha value is -2.81. The van der Waals surface area contributed by atoms with Gasteiger partial charge in [-0.3, -0.25) is 0 Å². The zero-order valence-corrected chi connectivity index (χ0v) is 14.2. The molecule has 3 aromatic rings. The van der Waals surface area contributed by atoms with Crippen LogP contribution >= 0.6 is 0 Å². The van der Waals surface area contributed by atoms with Gasteiger partial charge in [-0.05, 0) is 36.8 Å². The fourth-order valence-electron chi connectivity index (χ4n) is 2.39. The van der Waals surface area contributed by atoms with Crippen LogP contribution in [0.2, 0.25) is 0 Å². The van der Waals surface area contributed by atoms with Crippen LogP contribution in [0.15, 0.2) is 64.0 Å². The number of hydrogen-bond donors (Lipinski definition) is 1. The van der Waals surface area contributed by atoms with E-state index in [4.69, 9.17) is 4.52 Å². The van der Waals surface area contributed by atoms with Crippen LogP contribution in [0.4, 0.5) is 19.1 Å². The van der Waals surface area contributed by atoms with E-state index in [0.717, 1.165) is 12.1 Å². The van der Waals surface area contributed by atoms with E-state index < -0.39 is 21.8 Å². The van der Waals surface area contributed by atoms with Gasteiger partial charge in [-0.15, -0.1) is 0 Å². The zero-order chi connectivity index (χ0) is 18.9. The molecule has 0 unspecified atom stereocenters. The molecular formula is C17H13F3N2O3S. The third kappa shape index (κ3) is 3.57. The number of hydrogen-bond acceptors (Lipinski definition) is 4. The highest BCUT2D eigenvalue weighted by Gasteiger charge is 2.30. The second-order valence-corrected chi connectivity index (χ2v) is 7.15. The maximum atomic E-state index is 12.7. The first-order valence-electron chi connectivity index (χ1n) is 7.40. The van der Waals surface area contributed by atoms with E-state index in [1.807, 2.05) is 0 Å². The summed E-state index contributed by atoms with van der Waals surface area (Å²) in [6.45, 7) is 1.57. The minimum absolute atomic E-state index is 0.0208. The molecule has 0 aliphatic rings. The van der Waals surface area contributed by atoms with Crippen LogP contribution < -0.4 is 4.72 Å². The molecule has 2 aromatic carbocycles. The fraction of sp³-hybridized carbons (Fsp3) is 0.118. The van der Waals surface area contributed by atoms with Crippen LogP contribution in [0.3, 0.4) is 0 Å². The van der Waals surface area contributed by atoms with Crippen LogP contribution in [-0.4, -0.2) is 13.6 Å². The Morgan fingerprint density at radius 3 is 2.19 bits per heavy atom. The minimum Gasteiger partial charge on any atom is -0.337 e. The van der Waals surface area contributed by atoms with Crippen LogP contribution in [-0.2, 0) is 16.2 Å². The fourth-order valence-corrected chi connectivity index (χ4v) is 3.40. The molecule has 0 saturated heterocycles. The van der Waals surface area contributed by atoms with Gasteiger partial charge in [0.2, 0.25) is 5.88 Å². The summed E-state index contributed by atoms with van der Waals surface area (Å²) in [6, 6.07) is 11.9. The van der Waals surface area contributed by atoms with Crippen molar-refractivity contribution in [1.82, 2.24) is 5.16 Å². The minimum atomic E-state index is -4.46. The molecule has 0 aliphatic heterocycles. The molecule has 0 saturated carbocycles. The van der Waals surface area contributed by atoms with Crippen molar-refractivity contribution in [2.75, 3.05) is 4.72 Å². The van der Waals surface area contributed by atoms with Crippen molar-refractivity contribution in [3.63, 3.8) is 0 Å². The summed E-state index contributed by atoms with van der Waals surface area (Å²) >= 11 is 0. The first-order chi connectivity index (χ1) is 12.2. The summed E-state index contributed by atoms with van der Waals surface area (Å²) in [4.78, 5) is 0.0208. The number of nitrogens with zero attached hydrogens (tertiary/aromatic N) is 1. The smallest absolute Gasteiger partial charge is 0.337 e. The average molecular weight is 382 g/mol. The van der Waals surface area contributed by atoms with Gasteiger partial charge >= 0.3 is 6.18 Å². The Kier molecular flexibility index (Phi) is 4.49. The van der Waals surface area contributed by atoms with Gasteiger partial charge in [-0.1, -0.05) is 35.5 Å². The molecule has 0 amide bonds. The van der Waals surface area contributed by atoms with Gasteiger partial charge in [0.15, 0.2) is 0 Å². The van der Waals surface area contributed by atoms with E-state index in [1.54, 1.807) is 25.1 Å². The van der Waals surface area contributed by atoms with E-state index in [0.29, 0.717) is 11.3 Å². The highest BCUT2D eigenvalue weighted by Crippen LogP contribution is 2.35. The molecule has 0 fully saturated rings. The second kappa shape index (κ2) is 6.49. The second-order valence-electron chi connectivity index (χ2n) is 5.47. The molecule has 5 nitrogen and oxygen atoms in total. The summed E-state index contributed by atoms with van der Waals surface area (Å²) in [7, 11) is -3.93. The maximum absolute atomic E-state index is 12.7. The summed E-state index contributed by atoms with van der Waals surface area (Å²) in [5.74, 6) is -0.161. The zero-order valence-electron chi connectivity index (χ0n) is 13.4. The molecule has 26 heavy (non-hydrogen) atoms. The monoisotopic (exact) mass is 382 g/mol. The van der Waals surface area contributed by atoms with Crippen molar-refractivity contribution in [3.05, 3.63) is 65.9 Å². The number of nitrogens with one attached hydrogen (secondary N) is 1. The molecule has 0 atom stereocenters. The average Bonchev–Trinajstić information content (AvgIpc) is 2.95. The van der Waals surface area contributed by atoms with E-state index in [2.05, 4.69) is 9.88 Å². The topological polar surface area (TPSA) is 72.2 Å². The number of halogens is 3. The van der Waals surface area contributed by atoms with E-state index >= 15 is 0 Å². The molecule has 1 aromatic heterocycles. The lowest BCUT2D eigenvalue weighted by Gasteiger charge is -2.09. The number of alkyl halides is 3. The lowest BCUT2D eigenvalue weighted by Crippen LogP contribution is -2.13. The Morgan fingerprint density at radius 1 is 1.00 bits per heavy atom. The largest absolute Gasteiger partial charge is 0.416 e. The molecule has 9 heteroatoms. The Balaban J connectivity index is 1.98. The predicted octanol–water partition coefficient (Wildman–Crippen LogP) is 4.47. The normalized spacial score (nSPS) is 12.2. The first-order valence-corrected chi connectivity index (χ1v) is 8.88. The molecular weight excluding hydrogens is 369 g/mol. The van der Waals surface area contributed by atoms with Gasteiger partial charge in [0, 0.05) is 0 Å². The van der Waals surface area contributed by atoms with Gasteiger partial charge in [0.05, 0.1) is 21.7 Å². The van der Waals surface area contributed by atoms with Crippen LogP contribution in [0.5, 0.6) is 0 Å². The van der Waals surface area contributed by atoms with E-state index in [-0.39, 0.29) is 16.3 Å². The molecule has 0 radical (unpaired) electrons. The molecule has 0 spiro atoms. The van der Waals surface area contributed by atoms with Crippen LogP contribution in [0, 0.1) is 6.92 Å². The number of anilines is 1. The lowest BCUT2D eigenvalue weighted by atomic mass is 10.0. The number of sulfonamides is 1. The van der Waals surface area contributed by atoms with Crippen molar-refractivity contribution in [3.8, 4) is 11.1 Å². The molecule has 3 rings (SSSR count). The maximum Gasteiger partial charge on any atom is 0.416 e. The first kappa shape index (κ1) is 18.0. The van der Waals surface area contributed by atoms with Crippen molar-refractivity contribution in [2.24, 2.45) is 0 Å². The Bertz CT molecular complexity index is 1010. The Morgan fingerprint density at radius 2 is 1.62 bits per heavy atom. The third-order valence-corrected chi connectivity index (χ3v) is 4.99. The molecule has 1 heterocycles. The summed E-state index contributed by atoms with van der Waals surface area (Å²) in [6.07, 6.45) is -4.46. The number of aromatic nitrogens is 1. The van der Waals surface area contributed by atoms with Crippen molar-refractivity contribution >= 4 is 15.9 Å². The van der Waals surface area contributed by atoms with Crippen LogP contribution in [0.25, 0.3) is 11.1 Å². The highest BCUT2D eigenvalue weighted by molar-refractivity contribution is 7.92. The van der Waals surface area contributed by atoms with Gasteiger partial charge in [-0.25, -0.2) is 13.1 Å². The van der Waals surface area contributed by atoms with E-state index in [9.17, 15) is 21.6 Å². The number of aryl methyl sites for hydroxylation is 1. The standard InChI is InChI=1S/C17H13F3N2O3S/c1-11-15(12-7-9-13(10-8-12)17(18,19)20)16(25-21-11)22-26(23,24)14-5-3-2-4-6-14/h2-10,22H,1H3. The molecule has 1 N–H and O–H groups in total. The predicted molar refractivity (Wildman–Crippen MR) is 88.9 cm³/mol. The van der Waals surface area contributed by atoms with Gasteiger partial charge < -0.3 is 4.52 Å². The summed E-state index contributed by atoms with van der Waals surface area (Å²) in [5, 5.41) is 3.72. The van der Waals surface area contributed by atoms with Crippen molar-refractivity contribution in [2.45, 2.75) is 18.0 Å². The van der Waals surface area contributed by atoms with Gasteiger partial charge in [-0.2, -0.15) is 13.2 Å². The SMILES string of the molecule is Cc1noc(NS(=O)(=O)c2ccccc2)c1-c1ccc(C(F)(F)F)cc1. The third-order valence-electron chi connectivity index (χ3n) is 3.64. The van der Waals surface area contributed by atoms with Crippen molar-refractivity contribution < 1.29 is 26.1 Å². The van der Waals surface area contributed by atoms with Gasteiger partial charge in [0.25, 0.3) is 10.0 Å². The molecule has 0 bridgehead atoms. The van der Waals surface area contributed by atoms with Crippen LogP contribution in [0.1, 0.15) is 11.3 Å². The number of benzene rings is 2. The summed E-state index contributed by atoms with van der Waals surface area (Å²) < 4.78 is 70.3. The Labute approximate surface area is 147 Å². The van der Waals surface area contributed by atoms with Gasteiger partial charge in [0.1, 0.15) is 0 Å². The number of rotatable bonds is 4. The summed E-state index contributed by atoms with van der Waals surface area (Å²) in [5.41, 5.74) is 0.165. The highest BCUT2D eigenvalue weighted by atomic mass is 32.2. The molecule has 0 aliphatic carbocycles. The lowest BCUT2D eigenvalue weighted by molar-refractivity contribution is -0.137. The quantitative estimate of drug-likeness (QED) is 0.723.